The zero-order chi connectivity index (χ0) is 11.7. The highest BCUT2D eigenvalue weighted by molar-refractivity contribution is 9.10. The minimum atomic E-state index is -0.889. The molecule has 0 aliphatic heterocycles. The fraction of sp³-hybridized carbons (Fsp3) is 0.182. The highest BCUT2D eigenvalue weighted by atomic mass is 79.9. The molecule has 1 heterocycles. The Morgan fingerprint density at radius 1 is 1.56 bits per heavy atom. The van der Waals surface area contributed by atoms with Gasteiger partial charge in [0.25, 0.3) is 0 Å². The number of halogens is 1. The number of rotatable bonds is 3. The first-order valence-electron chi connectivity index (χ1n) is 4.82. The van der Waals surface area contributed by atoms with Gasteiger partial charge in [-0.05, 0) is 27.6 Å². The zero-order valence-corrected chi connectivity index (χ0v) is 9.99. The number of benzene rings is 1. The van der Waals surface area contributed by atoms with Crippen LogP contribution in [0, 0.1) is 0 Å². The van der Waals surface area contributed by atoms with Crippen LogP contribution in [0.4, 0.5) is 0 Å². The molecule has 1 atom stereocenters. The number of carboxylic acids is 1. The molecule has 1 aromatic carbocycles. The van der Waals surface area contributed by atoms with E-state index in [1.165, 1.54) is 0 Å². The van der Waals surface area contributed by atoms with Crippen molar-refractivity contribution in [2.24, 2.45) is 5.73 Å². The van der Waals surface area contributed by atoms with Crippen LogP contribution in [0.1, 0.15) is 18.0 Å². The number of aromatic nitrogens is 1. The van der Waals surface area contributed by atoms with E-state index in [4.69, 9.17) is 10.8 Å². The largest absolute Gasteiger partial charge is 0.481 e. The van der Waals surface area contributed by atoms with Gasteiger partial charge in [-0.3, -0.25) is 4.79 Å². The molecular formula is C11H11BrN2O2. The fourth-order valence-corrected chi connectivity index (χ4v) is 2.11. The smallest absolute Gasteiger partial charge is 0.305 e. The summed E-state index contributed by atoms with van der Waals surface area (Å²) in [6.07, 6.45) is 1.78. The Bertz CT molecular complexity index is 536. The lowest BCUT2D eigenvalue weighted by atomic mass is 10.0. The van der Waals surface area contributed by atoms with Gasteiger partial charge in [0.05, 0.1) is 6.42 Å². The number of nitrogens with one attached hydrogen (secondary N) is 1. The van der Waals surface area contributed by atoms with Crippen molar-refractivity contribution in [3.8, 4) is 0 Å². The van der Waals surface area contributed by atoms with E-state index in [9.17, 15) is 4.79 Å². The third-order valence-corrected chi connectivity index (χ3v) is 3.13. The first-order chi connectivity index (χ1) is 7.58. The molecule has 0 amide bonds. The Hall–Kier alpha value is -1.33. The average Bonchev–Trinajstić information content (AvgIpc) is 2.59. The molecule has 2 aromatic rings. The second-order valence-electron chi connectivity index (χ2n) is 3.65. The lowest BCUT2D eigenvalue weighted by Gasteiger charge is -2.09. The number of fused-ring (bicyclic) bond motifs is 1. The van der Waals surface area contributed by atoms with E-state index in [0.29, 0.717) is 0 Å². The van der Waals surface area contributed by atoms with Crippen molar-refractivity contribution in [2.45, 2.75) is 12.5 Å². The number of carboxylic acid groups (broad SMARTS) is 1. The van der Waals surface area contributed by atoms with Gasteiger partial charge in [0.15, 0.2) is 0 Å². The van der Waals surface area contributed by atoms with Crippen molar-refractivity contribution in [3.63, 3.8) is 0 Å². The highest BCUT2D eigenvalue weighted by Crippen LogP contribution is 2.26. The summed E-state index contributed by atoms with van der Waals surface area (Å²) in [7, 11) is 0. The van der Waals surface area contributed by atoms with Gasteiger partial charge in [0.1, 0.15) is 0 Å². The van der Waals surface area contributed by atoms with Crippen LogP contribution >= 0.6 is 15.9 Å². The van der Waals surface area contributed by atoms with E-state index >= 15 is 0 Å². The van der Waals surface area contributed by atoms with Crippen LogP contribution < -0.4 is 5.73 Å². The SMILES string of the molecule is NC(CC(=O)O)c1ccc2c(Br)c[nH]c2c1. The van der Waals surface area contributed by atoms with E-state index in [1.807, 2.05) is 24.4 Å². The standard InChI is InChI=1S/C11H11BrN2O2/c12-8-5-14-10-3-6(1-2-7(8)10)9(13)4-11(15)16/h1-3,5,9,14H,4,13H2,(H,15,16). The molecule has 0 saturated carbocycles. The minimum absolute atomic E-state index is 0.0621. The molecule has 2 rings (SSSR count). The molecule has 1 unspecified atom stereocenters. The van der Waals surface area contributed by atoms with Gasteiger partial charge in [-0.15, -0.1) is 0 Å². The number of H-pyrrole nitrogens is 1. The number of hydrogen-bond donors (Lipinski definition) is 3. The molecule has 0 bridgehead atoms. The highest BCUT2D eigenvalue weighted by Gasteiger charge is 2.11. The summed E-state index contributed by atoms with van der Waals surface area (Å²) in [6, 6.07) is 5.19. The van der Waals surface area contributed by atoms with Gasteiger partial charge in [0, 0.05) is 27.6 Å². The Balaban J connectivity index is 2.35. The van der Waals surface area contributed by atoms with Gasteiger partial charge >= 0.3 is 5.97 Å². The minimum Gasteiger partial charge on any atom is -0.481 e. The molecule has 1 aromatic heterocycles. The first kappa shape index (κ1) is 11.2. The maximum absolute atomic E-state index is 10.6. The van der Waals surface area contributed by atoms with Gasteiger partial charge in [-0.25, -0.2) is 0 Å². The lowest BCUT2D eigenvalue weighted by molar-refractivity contribution is -0.137. The van der Waals surface area contributed by atoms with Crippen LogP contribution in [0.5, 0.6) is 0 Å². The summed E-state index contributed by atoms with van der Waals surface area (Å²) in [5.74, 6) is -0.889. The van der Waals surface area contributed by atoms with Crippen molar-refractivity contribution < 1.29 is 9.90 Å². The lowest BCUT2D eigenvalue weighted by Crippen LogP contribution is -2.14. The van der Waals surface area contributed by atoms with Crippen molar-refractivity contribution in [1.82, 2.24) is 4.98 Å². The van der Waals surface area contributed by atoms with Gasteiger partial charge < -0.3 is 15.8 Å². The van der Waals surface area contributed by atoms with Crippen LogP contribution in [0.3, 0.4) is 0 Å². The fourth-order valence-electron chi connectivity index (χ4n) is 1.65. The molecule has 0 saturated heterocycles. The van der Waals surface area contributed by atoms with Crippen LogP contribution in [-0.2, 0) is 4.79 Å². The maximum atomic E-state index is 10.6. The summed E-state index contributed by atoms with van der Waals surface area (Å²) < 4.78 is 0.987. The molecule has 0 aliphatic carbocycles. The molecular weight excluding hydrogens is 272 g/mol. The number of carbonyl (C=O) groups is 1. The van der Waals surface area contributed by atoms with E-state index in [1.54, 1.807) is 0 Å². The first-order valence-corrected chi connectivity index (χ1v) is 5.61. The Labute approximate surface area is 101 Å². The number of hydrogen-bond acceptors (Lipinski definition) is 2. The summed E-state index contributed by atoms with van der Waals surface area (Å²) in [5, 5.41) is 9.73. The Morgan fingerprint density at radius 2 is 2.31 bits per heavy atom. The topological polar surface area (TPSA) is 79.1 Å². The van der Waals surface area contributed by atoms with Gasteiger partial charge in [-0.2, -0.15) is 0 Å². The summed E-state index contributed by atoms with van der Waals surface area (Å²) in [6.45, 7) is 0. The molecule has 4 N–H and O–H groups in total. The zero-order valence-electron chi connectivity index (χ0n) is 8.40. The third-order valence-electron chi connectivity index (χ3n) is 2.48. The van der Waals surface area contributed by atoms with E-state index in [2.05, 4.69) is 20.9 Å². The molecule has 4 nitrogen and oxygen atoms in total. The predicted molar refractivity (Wildman–Crippen MR) is 65.2 cm³/mol. The number of nitrogens with two attached hydrogens (primary N) is 1. The average molecular weight is 283 g/mol. The van der Waals surface area contributed by atoms with Crippen molar-refractivity contribution in [3.05, 3.63) is 34.4 Å². The molecule has 84 valence electrons. The summed E-state index contributed by atoms with van der Waals surface area (Å²) >= 11 is 3.41. The monoisotopic (exact) mass is 282 g/mol. The van der Waals surface area contributed by atoms with Gasteiger partial charge in [-0.1, -0.05) is 12.1 Å². The summed E-state index contributed by atoms with van der Waals surface area (Å²) in [4.78, 5) is 13.6. The normalized spacial score (nSPS) is 12.9. The molecule has 5 heteroatoms. The van der Waals surface area contributed by atoms with E-state index in [-0.39, 0.29) is 6.42 Å². The van der Waals surface area contributed by atoms with Crippen molar-refractivity contribution in [1.29, 1.82) is 0 Å². The maximum Gasteiger partial charge on any atom is 0.305 e. The number of aromatic amines is 1. The van der Waals surface area contributed by atoms with Crippen molar-refractivity contribution in [2.75, 3.05) is 0 Å². The van der Waals surface area contributed by atoms with Crippen LogP contribution in [0.2, 0.25) is 0 Å². The number of aliphatic carboxylic acids is 1. The second-order valence-corrected chi connectivity index (χ2v) is 4.50. The Kier molecular flexibility index (Phi) is 2.98. The Morgan fingerprint density at radius 3 is 3.00 bits per heavy atom. The van der Waals surface area contributed by atoms with E-state index < -0.39 is 12.0 Å². The third kappa shape index (κ3) is 2.10. The predicted octanol–water partition coefficient (Wildman–Crippen LogP) is 2.40. The van der Waals surface area contributed by atoms with E-state index in [0.717, 1.165) is 20.9 Å². The quantitative estimate of drug-likeness (QED) is 0.809. The van der Waals surface area contributed by atoms with Gasteiger partial charge in [0.2, 0.25) is 0 Å². The summed E-state index contributed by atoms with van der Waals surface area (Å²) in [5.41, 5.74) is 7.56. The second kappa shape index (κ2) is 4.27. The van der Waals surface area contributed by atoms with Crippen LogP contribution in [-0.4, -0.2) is 16.1 Å². The molecule has 0 spiro atoms. The molecule has 0 radical (unpaired) electrons. The van der Waals surface area contributed by atoms with Crippen LogP contribution in [0.15, 0.2) is 28.9 Å². The van der Waals surface area contributed by atoms with Crippen molar-refractivity contribution >= 4 is 32.8 Å². The molecule has 16 heavy (non-hydrogen) atoms. The van der Waals surface area contributed by atoms with Crippen LogP contribution in [0.25, 0.3) is 10.9 Å². The molecule has 0 aliphatic rings. The molecule has 0 fully saturated rings.